The zero-order valence-corrected chi connectivity index (χ0v) is 9.94. The number of aliphatic carboxylic acids is 1. The summed E-state index contributed by atoms with van der Waals surface area (Å²) in [5.74, 6) is 1.54. The van der Waals surface area contributed by atoms with E-state index in [9.17, 15) is 9.90 Å². The third kappa shape index (κ3) is 2.86. The molecule has 0 bridgehead atoms. The molecule has 0 aliphatic carbocycles. The number of hydrogen-bond donors (Lipinski definition) is 2. The summed E-state index contributed by atoms with van der Waals surface area (Å²) >= 11 is 0. The molecule has 1 aromatic rings. The molecule has 2 N–H and O–H groups in total. The van der Waals surface area contributed by atoms with Crippen LogP contribution in [0.3, 0.4) is 0 Å². The number of hydrogen-bond acceptors (Lipinski definition) is 2. The monoisotopic (exact) mass is 231 g/mol. The Morgan fingerprint density at radius 1 is 1.47 bits per heavy atom. The number of terminal acetylenes is 1. The van der Waals surface area contributed by atoms with Crippen LogP contribution in [0.5, 0.6) is 0 Å². The van der Waals surface area contributed by atoms with Gasteiger partial charge in [-0.25, -0.2) is 4.79 Å². The zero-order chi connectivity index (χ0) is 12.7. The smallest absolute Gasteiger partial charge is 0.328 e. The van der Waals surface area contributed by atoms with E-state index in [1.165, 1.54) is 0 Å². The lowest BCUT2D eigenvalue weighted by molar-refractivity contribution is -0.145. The van der Waals surface area contributed by atoms with Gasteiger partial charge in [0.25, 0.3) is 0 Å². The van der Waals surface area contributed by atoms with Crippen LogP contribution >= 0.6 is 0 Å². The summed E-state index contributed by atoms with van der Waals surface area (Å²) in [6.07, 6.45) is 6.48. The van der Waals surface area contributed by atoms with Gasteiger partial charge in [-0.1, -0.05) is 49.6 Å². The number of rotatable bonds is 6. The first-order valence-corrected chi connectivity index (χ1v) is 5.64. The number of carbonyl (C=O) groups is 1. The fourth-order valence-electron chi connectivity index (χ4n) is 1.94. The predicted octanol–water partition coefficient (Wildman–Crippen LogP) is 1.99. The average Bonchev–Trinajstić information content (AvgIpc) is 2.35. The van der Waals surface area contributed by atoms with E-state index in [0.717, 1.165) is 12.0 Å². The van der Waals surface area contributed by atoms with E-state index in [0.29, 0.717) is 6.42 Å². The highest BCUT2D eigenvalue weighted by Crippen LogP contribution is 2.26. The molecule has 1 unspecified atom stereocenters. The third-order valence-electron chi connectivity index (χ3n) is 2.75. The van der Waals surface area contributed by atoms with Gasteiger partial charge in [0, 0.05) is 0 Å². The van der Waals surface area contributed by atoms with Crippen LogP contribution in [0.15, 0.2) is 30.3 Å². The first-order valence-electron chi connectivity index (χ1n) is 5.64. The van der Waals surface area contributed by atoms with Crippen LogP contribution in [0.1, 0.15) is 25.3 Å². The lowest BCUT2D eigenvalue weighted by Crippen LogP contribution is -2.49. The summed E-state index contributed by atoms with van der Waals surface area (Å²) in [4.78, 5) is 11.6. The van der Waals surface area contributed by atoms with Crippen molar-refractivity contribution in [3.63, 3.8) is 0 Å². The summed E-state index contributed by atoms with van der Waals surface area (Å²) in [7, 11) is 0. The van der Waals surface area contributed by atoms with Crippen LogP contribution in [-0.2, 0) is 10.3 Å². The molecule has 3 nitrogen and oxygen atoms in total. The van der Waals surface area contributed by atoms with Crippen LogP contribution < -0.4 is 5.32 Å². The van der Waals surface area contributed by atoms with Crippen molar-refractivity contribution in [3.05, 3.63) is 35.9 Å². The van der Waals surface area contributed by atoms with Crippen molar-refractivity contribution >= 4 is 5.97 Å². The fourth-order valence-corrected chi connectivity index (χ4v) is 1.94. The van der Waals surface area contributed by atoms with Gasteiger partial charge in [0.1, 0.15) is 5.54 Å². The Kier molecular flexibility index (Phi) is 4.74. The molecule has 0 saturated carbocycles. The number of carboxylic acids is 1. The minimum Gasteiger partial charge on any atom is -0.480 e. The topological polar surface area (TPSA) is 49.3 Å². The molecule has 90 valence electrons. The lowest BCUT2D eigenvalue weighted by Gasteiger charge is -2.30. The summed E-state index contributed by atoms with van der Waals surface area (Å²) in [6.45, 7) is 2.19. The van der Waals surface area contributed by atoms with Crippen molar-refractivity contribution in [2.24, 2.45) is 0 Å². The van der Waals surface area contributed by atoms with Gasteiger partial charge in [-0.2, -0.15) is 0 Å². The summed E-state index contributed by atoms with van der Waals surface area (Å²) in [6, 6.07) is 9.16. The standard InChI is InChI=1S/C14H17NO2/c1-3-10-14(13(16)17,15-11-4-2)12-8-6-5-7-9-12/h2,5-9,15H,3,10-11H2,1H3,(H,16,17). The maximum absolute atomic E-state index is 11.6. The Balaban J connectivity index is 3.15. The van der Waals surface area contributed by atoms with Crippen molar-refractivity contribution in [1.82, 2.24) is 5.32 Å². The van der Waals surface area contributed by atoms with E-state index < -0.39 is 11.5 Å². The molecule has 0 amide bonds. The summed E-state index contributed by atoms with van der Waals surface area (Å²) < 4.78 is 0. The summed E-state index contributed by atoms with van der Waals surface area (Å²) in [5, 5.41) is 12.5. The van der Waals surface area contributed by atoms with Crippen molar-refractivity contribution in [1.29, 1.82) is 0 Å². The second-order valence-corrected chi connectivity index (χ2v) is 3.88. The minimum atomic E-state index is -1.08. The van der Waals surface area contributed by atoms with Gasteiger partial charge in [-0.05, 0) is 12.0 Å². The molecule has 0 aromatic heterocycles. The molecule has 0 radical (unpaired) electrons. The van der Waals surface area contributed by atoms with Gasteiger partial charge in [0.15, 0.2) is 0 Å². The van der Waals surface area contributed by atoms with E-state index >= 15 is 0 Å². The lowest BCUT2D eigenvalue weighted by atomic mass is 9.85. The number of nitrogens with one attached hydrogen (secondary N) is 1. The largest absolute Gasteiger partial charge is 0.480 e. The van der Waals surface area contributed by atoms with E-state index in [4.69, 9.17) is 6.42 Å². The molecule has 0 saturated heterocycles. The fraction of sp³-hybridized carbons (Fsp3) is 0.357. The highest BCUT2D eigenvalue weighted by molar-refractivity contribution is 5.80. The van der Waals surface area contributed by atoms with Crippen LogP contribution in [0.25, 0.3) is 0 Å². The van der Waals surface area contributed by atoms with Crippen LogP contribution in [0.4, 0.5) is 0 Å². The van der Waals surface area contributed by atoms with Crippen molar-refractivity contribution in [3.8, 4) is 12.3 Å². The molecule has 0 aliphatic rings. The Bertz CT molecular complexity index is 408. The van der Waals surface area contributed by atoms with Crippen LogP contribution in [0.2, 0.25) is 0 Å². The van der Waals surface area contributed by atoms with Crippen LogP contribution in [-0.4, -0.2) is 17.6 Å². The van der Waals surface area contributed by atoms with Crippen molar-refractivity contribution in [2.75, 3.05) is 6.54 Å². The number of carboxylic acid groups (broad SMARTS) is 1. The van der Waals surface area contributed by atoms with Gasteiger partial charge in [0.05, 0.1) is 6.54 Å². The van der Waals surface area contributed by atoms with E-state index in [1.807, 2.05) is 37.3 Å². The molecular weight excluding hydrogens is 214 g/mol. The molecule has 0 fully saturated rings. The third-order valence-corrected chi connectivity index (χ3v) is 2.75. The Morgan fingerprint density at radius 2 is 2.12 bits per heavy atom. The molecule has 17 heavy (non-hydrogen) atoms. The Hall–Kier alpha value is -1.79. The highest BCUT2D eigenvalue weighted by Gasteiger charge is 2.38. The molecule has 1 atom stereocenters. The molecular formula is C14H17NO2. The molecule has 3 heteroatoms. The second kappa shape index (κ2) is 6.07. The number of benzene rings is 1. The van der Waals surface area contributed by atoms with E-state index in [-0.39, 0.29) is 6.54 Å². The van der Waals surface area contributed by atoms with Gasteiger partial charge >= 0.3 is 5.97 Å². The molecule has 1 rings (SSSR count). The summed E-state index contributed by atoms with van der Waals surface area (Å²) in [5.41, 5.74) is -0.341. The molecule has 0 aliphatic heterocycles. The SMILES string of the molecule is C#CCNC(CCC)(C(=O)O)c1ccccc1. The zero-order valence-electron chi connectivity index (χ0n) is 9.94. The Labute approximate surface area is 102 Å². The molecule has 0 heterocycles. The maximum atomic E-state index is 11.6. The van der Waals surface area contributed by atoms with E-state index in [2.05, 4.69) is 11.2 Å². The maximum Gasteiger partial charge on any atom is 0.328 e. The molecule has 0 spiro atoms. The first kappa shape index (κ1) is 13.3. The predicted molar refractivity (Wildman–Crippen MR) is 67.5 cm³/mol. The van der Waals surface area contributed by atoms with Crippen molar-refractivity contribution < 1.29 is 9.90 Å². The normalized spacial score (nSPS) is 13.6. The van der Waals surface area contributed by atoms with Crippen molar-refractivity contribution in [2.45, 2.75) is 25.3 Å². The Morgan fingerprint density at radius 3 is 2.59 bits per heavy atom. The van der Waals surface area contributed by atoms with E-state index in [1.54, 1.807) is 0 Å². The van der Waals surface area contributed by atoms with Gasteiger partial charge in [-0.15, -0.1) is 6.42 Å². The van der Waals surface area contributed by atoms with Crippen LogP contribution in [0, 0.1) is 12.3 Å². The quantitative estimate of drug-likeness (QED) is 0.736. The second-order valence-electron chi connectivity index (χ2n) is 3.88. The first-order chi connectivity index (χ1) is 8.17. The van der Waals surface area contributed by atoms with Gasteiger partial charge < -0.3 is 5.11 Å². The van der Waals surface area contributed by atoms with Gasteiger partial charge in [-0.3, -0.25) is 5.32 Å². The highest BCUT2D eigenvalue weighted by atomic mass is 16.4. The minimum absolute atomic E-state index is 0.237. The average molecular weight is 231 g/mol. The van der Waals surface area contributed by atoms with Gasteiger partial charge in [0.2, 0.25) is 0 Å². The molecule has 1 aromatic carbocycles.